The number of likely N-dealkylation sites (N-methyl/N-ethyl adjacent to an activating group) is 1. The zero-order valence-electron chi connectivity index (χ0n) is 22.1. The number of hydrogen-bond donors (Lipinski definition) is 1. The molecule has 0 amide bonds. The zero-order valence-corrected chi connectivity index (χ0v) is 22.9. The summed E-state index contributed by atoms with van der Waals surface area (Å²) in [5, 5.41) is 0.598. The lowest BCUT2D eigenvalue weighted by molar-refractivity contribution is 0.0219. The number of likely N-dealkylation sites (tertiary alicyclic amines) is 1. The van der Waals surface area contributed by atoms with Crippen LogP contribution in [0.2, 0.25) is 0 Å². The van der Waals surface area contributed by atoms with E-state index in [2.05, 4.69) is 44.8 Å². The highest BCUT2D eigenvalue weighted by molar-refractivity contribution is 7.92. The second-order valence-electron chi connectivity index (χ2n) is 11.3. The molecule has 38 heavy (non-hydrogen) atoms. The normalized spacial score (nSPS) is 16.6. The van der Waals surface area contributed by atoms with Crippen molar-refractivity contribution in [1.29, 1.82) is 0 Å². The van der Waals surface area contributed by atoms with Gasteiger partial charge in [0.2, 0.25) is 0 Å². The minimum absolute atomic E-state index is 0.0445. The van der Waals surface area contributed by atoms with Gasteiger partial charge in [0, 0.05) is 61.4 Å². The molecule has 4 heterocycles. The number of nitrogens with one attached hydrogen (secondary N) is 1. The van der Waals surface area contributed by atoms with Crippen molar-refractivity contribution in [3.8, 4) is 11.1 Å². The third kappa shape index (κ3) is 4.14. The van der Waals surface area contributed by atoms with Crippen molar-refractivity contribution in [2.24, 2.45) is 0 Å². The average Bonchev–Trinajstić information content (AvgIpc) is 3.38. The van der Waals surface area contributed by atoms with Gasteiger partial charge in [0.15, 0.2) is 0 Å². The van der Waals surface area contributed by atoms with Crippen LogP contribution in [-0.2, 0) is 16.4 Å². The molecule has 0 atom stereocenters. The fourth-order valence-corrected chi connectivity index (χ4v) is 6.59. The molecule has 198 valence electrons. The number of aromatic nitrogens is 2. The molecule has 9 heteroatoms. The number of rotatable bonds is 5. The molecular weight excluding hydrogens is 501 g/mol. The van der Waals surface area contributed by atoms with Crippen LogP contribution in [0.5, 0.6) is 0 Å². The predicted molar refractivity (Wildman–Crippen MR) is 150 cm³/mol. The fourth-order valence-electron chi connectivity index (χ4n) is 5.50. The summed E-state index contributed by atoms with van der Waals surface area (Å²) in [6.07, 6.45) is 4.36. The molecule has 7 nitrogen and oxygen atoms in total. The molecular formula is C29H32FN5O2S. The van der Waals surface area contributed by atoms with Crippen molar-refractivity contribution < 1.29 is 12.8 Å². The van der Waals surface area contributed by atoms with Crippen LogP contribution >= 0.6 is 0 Å². The van der Waals surface area contributed by atoms with Crippen molar-refractivity contribution in [2.45, 2.75) is 43.7 Å². The van der Waals surface area contributed by atoms with Gasteiger partial charge in [-0.3, -0.25) is 9.62 Å². The Kier molecular flexibility index (Phi) is 5.77. The smallest absolute Gasteiger partial charge is 0.261 e. The Labute approximate surface area is 222 Å². The summed E-state index contributed by atoms with van der Waals surface area (Å²) >= 11 is 0. The lowest BCUT2D eigenvalue weighted by Gasteiger charge is -2.48. The molecule has 1 N–H and O–H groups in total. The van der Waals surface area contributed by atoms with Gasteiger partial charge in [-0.25, -0.2) is 17.8 Å². The molecule has 0 unspecified atom stereocenters. The molecule has 2 aromatic heterocycles. The van der Waals surface area contributed by atoms with Gasteiger partial charge in [0.05, 0.1) is 22.0 Å². The van der Waals surface area contributed by atoms with Gasteiger partial charge in [0.25, 0.3) is 10.0 Å². The van der Waals surface area contributed by atoms with Crippen LogP contribution in [0.15, 0.2) is 65.8 Å². The monoisotopic (exact) mass is 533 g/mol. The number of benzene rings is 2. The van der Waals surface area contributed by atoms with Crippen LogP contribution < -0.4 is 9.62 Å². The molecule has 0 spiro atoms. The highest BCUT2D eigenvalue weighted by atomic mass is 32.2. The molecule has 0 aliphatic carbocycles. The number of sulfonamides is 1. The Morgan fingerprint density at radius 2 is 1.79 bits per heavy atom. The average molecular weight is 534 g/mol. The van der Waals surface area contributed by atoms with Gasteiger partial charge < -0.3 is 9.47 Å². The molecule has 0 bridgehead atoms. The van der Waals surface area contributed by atoms with Gasteiger partial charge in [-0.05, 0) is 63.1 Å². The van der Waals surface area contributed by atoms with Crippen molar-refractivity contribution in [1.82, 2.24) is 14.5 Å². The highest BCUT2D eigenvalue weighted by Gasteiger charge is 2.37. The second-order valence-corrected chi connectivity index (χ2v) is 13.0. The Bertz CT molecular complexity index is 1640. The summed E-state index contributed by atoms with van der Waals surface area (Å²) in [5.41, 5.74) is 4.13. The van der Waals surface area contributed by atoms with Crippen LogP contribution in [0.4, 0.5) is 15.8 Å². The van der Waals surface area contributed by atoms with E-state index < -0.39 is 10.0 Å². The lowest BCUT2D eigenvalue weighted by atomic mass is 9.97. The van der Waals surface area contributed by atoms with Crippen LogP contribution in [0, 0.1) is 5.82 Å². The van der Waals surface area contributed by atoms with Crippen LogP contribution in [0.25, 0.3) is 22.2 Å². The number of fused-ring (bicyclic) bond motifs is 2. The number of nitrogens with zero attached hydrogens (tertiary/aromatic N) is 4. The molecule has 2 aliphatic heterocycles. The van der Waals surface area contributed by atoms with E-state index in [0.717, 1.165) is 37.3 Å². The number of pyridine rings is 1. The van der Waals surface area contributed by atoms with E-state index >= 15 is 4.39 Å². The van der Waals surface area contributed by atoms with E-state index in [1.54, 1.807) is 48.7 Å². The topological polar surface area (TPSA) is 70.5 Å². The van der Waals surface area contributed by atoms with Crippen molar-refractivity contribution >= 4 is 32.4 Å². The zero-order chi connectivity index (χ0) is 26.8. The summed E-state index contributed by atoms with van der Waals surface area (Å²) in [5.74, 6) is -0.316. The SMILES string of the molecule is CN1CCc2cc(F)c(-c3cn(C4CN(C(C)(C)C)C4)c4nccc(NS(=O)(=O)c5ccccc5)c34)cc21. The van der Waals surface area contributed by atoms with Crippen molar-refractivity contribution in [2.75, 3.05) is 36.3 Å². The minimum atomic E-state index is -3.86. The highest BCUT2D eigenvalue weighted by Crippen LogP contribution is 2.42. The van der Waals surface area contributed by atoms with Crippen molar-refractivity contribution in [3.63, 3.8) is 0 Å². The van der Waals surface area contributed by atoms with Crippen LogP contribution in [0.1, 0.15) is 32.4 Å². The van der Waals surface area contributed by atoms with Gasteiger partial charge >= 0.3 is 0 Å². The first-order valence-electron chi connectivity index (χ1n) is 12.9. The largest absolute Gasteiger partial charge is 0.374 e. The van der Waals surface area contributed by atoms with E-state index in [-0.39, 0.29) is 22.3 Å². The molecule has 4 aromatic rings. The number of halogens is 1. The van der Waals surface area contributed by atoms with Crippen molar-refractivity contribution in [3.05, 3.63) is 72.3 Å². The van der Waals surface area contributed by atoms with E-state index in [4.69, 9.17) is 0 Å². The van der Waals surface area contributed by atoms with E-state index in [9.17, 15) is 8.42 Å². The molecule has 0 radical (unpaired) electrons. The molecule has 1 saturated heterocycles. The summed E-state index contributed by atoms with van der Waals surface area (Å²) in [7, 11) is -1.85. The summed E-state index contributed by atoms with van der Waals surface area (Å²) < 4.78 is 47.1. The fraction of sp³-hybridized carbons (Fsp3) is 0.345. The van der Waals surface area contributed by atoms with Gasteiger partial charge in [-0.15, -0.1) is 0 Å². The summed E-state index contributed by atoms with van der Waals surface area (Å²) in [4.78, 5) is 9.35. The Morgan fingerprint density at radius 3 is 2.50 bits per heavy atom. The first-order valence-corrected chi connectivity index (χ1v) is 14.4. The van der Waals surface area contributed by atoms with Crippen LogP contribution in [0.3, 0.4) is 0 Å². The number of anilines is 2. The maximum atomic E-state index is 15.6. The standard InChI is InChI=1S/C29H32FN5O2S/c1-29(2,3)34-16-20(17-34)35-18-23(22-15-26-19(14-24(22)30)11-13-33(26)4)27-25(10-12-31-28(27)35)32-38(36,37)21-8-6-5-7-9-21/h5-10,12,14-15,18,20H,11,13,16-17H2,1-4H3,(H,31,32). The quantitative estimate of drug-likeness (QED) is 0.378. The Hall–Kier alpha value is -3.43. The second kappa shape index (κ2) is 8.81. The maximum Gasteiger partial charge on any atom is 0.261 e. The lowest BCUT2D eigenvalue weighted by Crippen LogP contribution is -2.56. The first kappa shape index (κ1) is 24.9. The molecule has 6 rings (SSSR count). The predicted octanol–water partition coefficient (Wildman–Crippen LogP) is 5.29. The van der Waals surface area contributed by atoms with E-state index in [0.29, 0.717) is 27.8 Å². The third-order valence-electron chi connectivity index (χ3n) is 7.80. The molecule has 2 aromatic carbocycles. The Morgan fingerprint density at radius 1 is 1.05 bits per heavy atom. The van der Waals surface area contributed by atoms with Gasteiger partial charge in [-0.1, -0.05) is 18.2 Å². The van der Waals surface area contributed by atoms with Crippen LogP contribution in [-0.4, -0.2) is 55.1 Å². The van der Waals surface area contributed by atoms with Gasteiger partial charge in [0.1, 0.15) is 11.5 Å². The minimum Gasteiger partial charge on any atom is -0.374 e. The number of hydrogen-bond acceptors (Lipinski definition) is 5. The van der Waals surface area contributed by atoms with E-state index in [1.807, 2.05) is 19.3 Å². The summed E-state index contributed by atoms with van der Waals surface area (Å²) in [6, 6.07) is 13.6. The maximum absolute atomic E-state index is 15.6. The first-order chi connectivity index (χ1) is 18.0. The molecule has 0 saturated carbocycles. The molecule has 1 fully saturated rings. The molecule has 2 aliphatic rings. The van der Waals surface area contributed by atoms with Gasteiger partial charge in [-0.2, -0.15) is 0 Å². The summed E-state index contributed by atoms with van der Waals surface area (Å²) in [6.45, 7) is 9.08. The Balaban J connectivity index is 1.52. The van der Waals surface area contributed by atoms with E-state index in [1.165, 1.54) is 0 Å². The third-order valence-corrected chi connectivity index (χ3v) is 9.18.